The Bertz CT molecular complexity index is 479. The minimum absolute atomic E-state index is 0.193. The summed E-state index contributed by atoms with van der Waals surface area (Å²) in [5, 5.41) is 0. The molecule has 0 saturated heterocycles. The zero-order valence-corrected chi connectivity index (χ0v) is 12.0. The largest absolute Gasteiger partial charge is 0.0733 e. The molecule has 0 amide bonds. The molecule has 0 N–H and O–H groups in total. The van der Waals surface area contributed by atoms with Gasteiger partial charge >= 0.3 is 0 Å². The van der Waals surface area contributed by atoms with E-state index >= 15 is 0 Å². The maximum absolute atomic E-state index is 2.43. The molecule has 0 radical (unpaired) electrons. The normalized spacial score (nSPS) is 27.1. The fourth-order valence-electron chi connectivity index (χ4n) is 3.33. The second-order valence-corrected chi connectivity index (χ2v) is 5.60. The van der Waals surface area contributed by atoms with Gasteiger partial charge in [0.05, 0.1) is 0 Å². The van der Waals surface area contributed by atoms with Gasteiger partial charge in [-0.05, 0) is 37.3 Å². The number of hydrogen-bond acceptors (Lipinski definition) is 0. The predicted octanol–water partition coefficient (Wildman–Crippen LogP) is 5.19. The monoisotopic (exact) mass is 240 g/mol. The van der Waals surface area contributed by atoms with Crippen LogP contribution in [0.5, 0.6) is 0 Å². The first-order valence-electron chi connectivity index (χ1n) is 7.04. The first-order valence-corrected chi connectivity index (χ1v) is 7.04. The lowest BCUT2D eigenvalue weighted by atomic mass is 9.63. The fourth-order valence-corrected chi connectivity index (χ4v) is 3.33. The summed E-state index contributed by atoms with van der Waals surface area (Å²) >= 11 is 0. The highest BCUT2D eigenvalue weighted by atomic mass is 14.4. The molecule has 2 unspecified atom stereocenters. The maximum Gasteiger partial charge on any atom is 0.0200 e. The number of aryl methyl sites for hydroxylation is 1. The standard InChI is InChI=1S/C18H24/c1-5-12-18(13-8-10-14(2)16(18)4)17-11-7-6-9-15(17)3/h6-11,13,16H,5,12H2,1-4H3. The molecular weight excluding hydrogens is 216 g/mol. The van der Waals surface area contributed by atoms with E-state index in [2.05, 4.69) is 70.2 Å². The van der Waals surface area contributed by atoms with Crippen molar-refractivity contribution in [3.63, 3.8) is 0 Å². The number of hydrogen-bond donors (Lipinski definition) is 0. The molecule has 2 atom stereocenters. The Hall–Kier alpha value is -1.30. The second kappa shape index (κ2) is 5.14. The van der Waals surface area contributed by atoms with Crippen LogP contribution in [0.1, 0.15) is 44.7 Å². The summed E-state index contributed by atoms with van der Waals surface area (Å²) in [7, 11) is 0. The van der Waals surface area contributed by atoms with E-state index in [0.29, 0.717) is 5.92 Å². The van der Waals surface area contributed by atoms with E-state index < -0.39 is 0 Å². The van der Waals surface area contributed by atoms with Crippen molar-refractivity contribution in [2.24, 2.45) is 5.92 Å². The molecule has 1 aromatic rings. The Kier molecular flexibility index (Phi) is 3.75. The molecule has 96 valence electrons. The number of benzene rings is 1. The topological polar surface area (TPSA) is 0 Å². The summed E-state index contributed by atoms with van der Waals surface area (Å²) in [6, 6.07) is 8.86. The molecule has 2 rings (SSSR count). The van der Waals surface area contributed by atoms with Crippen molar-refractivity contribution in [2.75, 3.05) is 0 Å². The van der Waals surface area contributed by atoms with E-state index in [4.69, 9.17) is 0 Å². The first kappa shape index (κ1) is 13.1. The van der Waals surface area contributed by atoms with Gasteiger partial charge in [0, 0.05) is 5.41 Å². The first-order chi connectivity index (χ1) is 8.62. The summed E-state index contributed by atoms with van der Waals surface area (Å²) in [5.74, 6) is 0.587. The summed E-state index contributed by atoms with van der Waals surface area (Å²) in [6.07, 6.45) is 9.38. The van der Waals surface area contributed by atoms with Crippen LogP contribution < -0.4 is 0 Å². The van der Waals surface area contributed by atoms with Gasteiger partial charge in [-0.2, -0.15) is 0 Å². The van der Waals surface area contributed by atoms with Gasteiger partial charge < -0.3 is 0 Å². The van der Waals surface area contributed by atoms with E-state index in [0.717, 1.165) is 0 Å². The van der Waals surface area contributed by atoms with Crippen molar-refractivity contribution in [1.82, 2.24) is 0 Å². The van der Waals surface area contributed by atoms with Crippen molar-refractivity contribution < 1.29 is 0 Å². The van der Waals surface area contributed by atoms with Crippen molar-refractivity contribution in [2.45, 2.75) is 46.0 Å². The SMILES string of the molecule is CCCC1(c2ccccc2C)C=CC=C(C)C1C. The van der Waals surface area contributed by atoms with Gasteiger partial charge in [-0.25, -0.2) is 0 Å². The van der Waals surface area contributed by atoms with Crippen LogP contribution in [0.4, 0.5) is 0 Å². The molecule has 0 aliphatic heterocycles. The second-order valence-electron chi connectivity index (χ2n) is 5.60. The van der Waals surface area contributed by atoms with Gasteiger partial charge in [0.1, 0.15) is 0 Å². The minimum atomic E-state index is 0.193. The Morgan fingerprint density at radius 1 is 1.17 bits per heavy atom. The van der Waals surface area contributed by atoms with E-state index in [1.54, 1.807) is 0 Å². The fraction of sp³-hybridized carbons (Fsp3) is 0.444. The zero-order valence-electron chi connectivity index (χ0n) is 12.0. The summed E-state index contributed by atoms with van der Waals surface area (Å²) in [6.45, 7) is 9.16. The van der Waals surface area contributed by atoms with Crippen LogP contribution in [0, 0.1) is 12.8 Å². The average molecular weight is 240 g/mol. The van der Waals surface area contributed by atoms with E-state index in [1.807, 2.05) is 0 Å². The molecule has 0 nitrogen and oxygen atoms in total. The Labute approximate surface area is 111 Å². The smallest absolute Gasteiger partial charge is 0.0200 e. The molecule has 0 fully saturated rings. The molecule has 0 aromatic heterocycles. The van der Waals surface area contributed by atoms with E-state index in [-0.39, 0.29) is 5.41 Å². The van der Waals surface area contributed by atoms with Gasteiger partial charge in [0.2, 0.25) is 0 Å². The zero-order chi connectivity index (χ0) is 13.2. The van der Waals surface area contributed by atoms with Crippen molar-refractivity contribution >= 4 is 0 Å². The molecule has 0 bridgehead atoms. The highest BCUT2D eigenvalue weighted by molar-refractivity contribution is 5.43. The lowest BCUT2D eigenvalue weighted by Crippen LogP contribution is -2.34. The summed E-state index contributed by atoms with van der Waals surface area (Å²) in [4.78, 5) is 0. The molecule has 1 aromatic carbocycles. The van der Waals surface area contributed by atoms with Gasteiger partial charge in [-0.3, -0.25) is 0 Å². The summed E-state index contributed by atoms with van der Waals surface area (Å²) < 4.78 is 0. The number of allylic oxidation sites excluding steroid dienone is 4. The van der Waals surface area contributed by atoms with E-state index in [9.17, 15) is 0 Å². The summed E-state index contributed by atoms with van der Waals surface area (Å²) in [5.41, 5.74) is 4.60. The third-order valence-corrected chi connectivity index (χ3v) is 4.52. The van der Waals surface area contributed by atoms with Crippen LogP contribution in [-0.2, 0) is 5.41 Å². The highest BCUT2D eigenvalue weighted by Gasteiger charge is 2.37. The maximum atomic E-state index is 2.43. The third-order valence-electron chi connectivity index (χ3n) is 4.52. The van der Waals surface area contributed by atoms with Crippen LogP contribution in [0.3, 0.4) is 0 Å². The van der Waals surface area contributed by atoms with E-state index in [1.165, 1.54) is 29.5 Å². The molecule has 0 heteroatoms. The molecule has 0 spiro atoms. The van der Waals surface area contributed by atoms with Crippen molar-refractivity contribution in [3.8, 4) is 0 Å². The van der Waals surface area contributed by atoms with Gasteiger partial charge in [-0.15, -0.1) is 0 Å². The quantitative estimate of drug-likeness (QED) is 0.682. The molecule has 18 heavy (non-hydrogen) atoms. The average Bonchev–Trinajstić information content (AvgIpc) is 2.36. The molecule has 1 aliphatic rings. The van der Waals surface area contributed by atoms with Gasteiger partial charge in [-0.1, -0.05) is 68.3 Å². The molecule has 0 saturated carbocycles. The van der Waals surface area contributed by atoms with Gasteiger partial charge in [0.15, 0.2) is 0 Å². The lowest BCUT2D eigenvalue weighted by molar-refractivity contribution is 0.366. The predicted molar refractivity (Wildman–Crippen MR) is 79.8 cm³/mol. The third kappa shape index (κ3) is 2.05. The molecule has 0 heterocycles. The van der Waals surface area contributed by atoms with Crippen molar-refractivity contribution in [3.05, 3.63) is 59.2 Å². The van der Waals surface area contributed by atoms with Crippen LogP contribution in [-0.4, -0.2) is 0 Å². The van der Waals surface area contributed by atoms with Crippen LogP contribution in [0.25, 0.3) is 0 Å². The van der Waals surface area contributed by atoms with Gasteiger partial charge in [0.25, 0.3) is 0 Å². The van der Waals surface area contributed by atoms with Crippen LogP contribution in [0.15, 0.2) is 48.1 Å². The van der Waals surface area contributed by atoms with Crippen LogP contribution in [0.2, 0.25) is 0 Å². The highest BCUT2D eigenvalue weighted by Crippen LogP contribution is 2.44. The Morgan fingerprint density at radius 2 is 1.89 bits per heavy atom. The minimum Gasteiger partial charge on any atom is -0.0733 e. The lowest BCUT2D eigenvalue weighted by Gasteiger charge is -2.41. The molecular formula is C18H24. The number of rotatable bonds is 3. The van der Waals surface area contributed by atoms with Crippen LogP contribution >= 0.6 is 0 Å². The Balaban J connectivity index is 2.56. The molecule has 1 aliphatic carbocycles. The van der Waals surface area contributed by atoms with Crippen molar-refractivity contribution in [1.29, 1.82) is 0 Å². The Morgan fingerprint density at radius 3 is 2.56 bits per heavy atom.